The smallest absolute Gasteiger partial charge is 0.270 e. The highest BCUT2D eigenvalue weighted by Gasteiger charge is 2.17. The lowest BCUT2D eigenvalue weighted by Gasteiger charge is -2.20. The lowest BCUT2D eigenvalue weighted by Crippen LogP contribution is -2.14. The number of aromatic nitrogens is 2. The second kappa shape index (κ2) is 7.62. The summed E-state index contributed by atoms with van der Waals surface area (Å²) in [7, 11) is 0. The molecule has 2 aromatic heterocycles. The molecule has 0 aliphatic heterocycles. The maximum atomic E-state index is 11.0. The van der Waals surface area contributed by atoms with Crippen LogP contribution in [0.25, 0.3) is 10.9 Å². The summed E-state index contributed by atoms with van der Waals surface area (Å²) in [6.45, 7) is 0. The summed E-state index contributed by atoms with van der Waals surface area (Å²) in [5, 5.41) is 15.7. The number of fused-ring (bicyclic) bond motifs is 1. The van der Waals surface area contributed by atoms with Crippen LogP contribution < -0.4 is 5.32 Å². The van der Waals surface area contributed by atoms with Crippen molar-refractivity contribution in [1.82, 2.24) is 9.97 Å². The summed E-state index contributed by atoms with van der Waals surface area (Å²) in [5.74, 6) is 0.636. The van der Waals surface area contributed by atoms with Crippen molar-refractivity contribution in [3.8, 4) is 0 Å². The Hall–Kier alpha value is -3.51. The van der Waals surface area contributed by atoms with E-state index < -0.39 is 4.92 Å². The predicted octanol–water partition coefficient (Wildman–Crippen LogP) is 5.39. The molecule has 2 heterocycles. The Bertz CT molecular complexity index is 1150. The van der Waals surface area contributed by atoms with Gasteiger partial charge in [0.2, 0.25) is 0 Å². The van der Waals surface area contributed by atoms with Gasteiger partial charge < -0.3 is 5.32 Å². The zero-order valence-corrected chi connectivity index (χ0v) is 15.4. The van der Waals surface area contributed by atoms with Gasteiger partial charge in [-0.2, -0.15) is 0 Å². The van der Waals surface area contributed by atoms with E-state index in [1.807, 2.05) is 48.5 Å². The average Bonchev–Trinajstić information content (AvgIpc) is 2.72. The minimum absolute atomic E-state index is 0.0419. The fourth-order valence-electron chi connectivity index (χ4n) is 3.02. The van der Waals surface area contributed by atoms with Crippen LogP contribution in [0, 0.1) is 10.1 Å². The number of anilines is 1. The Morgan fingerprint density at radius 1 is 1.00 bits per heavy atom. The van der Waals surface area contributed by atoms with Crippen LogP contribution in [0.4, 0.5) is 11.5 Å². The van der Waals surface area contributed by atoms with Crippen molar-refractivity contribution in [2.75, 3.05) is 5.32 Å². The fourth-order valence-corrected chi connectivity index (χ4v) is 3.21. The van der Waals surface area contributed by atoms with Gasteiger partial charge in [0.05, 0.1) is 22.2 Å². The summed E-state index contributed by atoms with van der Waals surface area (Å²) in [5.41, 5.74) is 2.49. The molecule has 28 heavy (non-hydrogen) atoms. The van der Waals surface area contributed by atoms with Crippen molar-refractivity contribution < 1.29 is 4.92 Å². The lowest BCUT2D eigenvalue weighted by molar-refractivity contribution is -0.384. The van der Waals surface area contributed by atoms with Crippen molar-refractivity contribution in [3.05, 3.63) is 105 Å². The lowest BCUT2D eigenvalue weighted by atomic mass is 10.0. The molecule has 0 bridgehead atoms. The minimum atomic E-state index is -0.415. The number of non-ortho nitro benzene ring substituents is 1. The molecular formula is C21H15ClN4O2. The van der Waals surface area contributed by atoms with Crippen LogP contribution in [0.1, 0.15) is 17.3 Å². The summed E-state index contributed by atoms with van der Waals surface area (Å²) >= 11 is 6.18. The number of benzene rings is 2. The number of hydrogen-bond donors (Lipinski definition) is 1. The highest BCUT2D eigenvalue weighted by Crippen LogP contribution is 2.28. The fraction of sp³-hybridized carbons (Fsp3) is 0.0476. The van der Waals surface area contributed by atoms with E-state index in [2.05, 4.69) is 15.3 Å². The van der Waals surface area contributed by atoms with Gasteiger partial charge in [-0.3, -0.25) is 15.1 Å². The van der Waals surface area contributed by atoms with Gasteiger partial charge in [-0.1, -0.05) is 29.8 Å². The van der Waals surface area contributed by atoms with Crippen LogP contribution in [0.3, 0.4) is 0 Å². The SMILES string of the molecule is O=[N+]([O-])c1ccc2nc(NC(c3cccc(Cl)c3)c3ccccn3)ccc2c1. The van der Waals surface area contributed by atoms with Crippen molar-refractivity contribution in [2.24, 2.45) is 0 Å². The molecule has 4 aromatic rings. The molecule has 4 rings (SSSR count). The molecular weight excluding hydrogens is 376 g/mol. The highest BCUT2D eigenvalue weighted by atomic mass is 35.5. The van der Waals surface area contributed by atoms with Gasteiger partial charge >= 0.3 is 0 Å². The van der Waals surface area contributed by atoms with E-state index in [1.165, 1.54) is 12.1 Å². The number of nitrogens with one attached hydrogen (secondary N) is 1. The van der Waals surface area contributed by atoms with Crippen LogP contribution >= 0.6 is 11.6 Å². The van der Waals surface area contributed by atoms with Crippen molar-refractivity contribution >= 4 is 34.0 Å². The third-order valence-electron chi connectivity index (χ3n) is 4.34. The molecule has 0 fully saturated rings. The quantitative estimate of drug-likeness (QED) is 0.365. The third kappa shape index (κ3) is 3.77. The molecule has 7 heteroatoms. The highest BCUT2D eigenvalue weighted by molar-refractivity contribution is 6.30. The van der Waals surface area contributed by atoms with Crippen LogP contribution in [-0.4, -0.2) is 14.9 Å². The molecule has 0 aliphatic carbocycles. The zero-order chi connectivity index (χ0) is 19.5. The van der Waals surface area contributed by atoms with E-state index >= 15 is 0 Å². The summed E-state index contributed by atoms with van der Waals surface area (Å²) in [6, 6.07) is 21.3. The maximum absolute atomic E-state index is 11.0. The van der Waals surface area contributed by atoms with Crippen molar-refractivity contribution in [2.45, 2.75) is 6.04 Å². The number of nitrogens with zero attached hydrogens (tertiary/aromatic N) is 3. The maximum Gasteiger partial charge on any atom is 0.270 e. The van der Waals surface area contributed by atoms with Gasteiger partial charge in [0.15, 0.2) is 0 Å². The molecule has 1 N–H and O–H groups in total. The van der Waals surface area contributed by atoms with Crippen molar-refractivity contribution in [3.63, 3.8) is 0 Å². The van der Waals surface area contributed by atoms with E-state index in [4.69, 9.17) is 11.6 Å². The van der Waals surface area contributed by atoms with E-state index in [9.17, 15) is 10.1 Å². The minimum Gasteiger partial charge on any atom is -0.358 e. The van der Waals surface area contributed by atoms with Gasteiger partial charge in [-0.25, -0.2) is 4.98 Å². The Balaban J connectivity index is 1.72. The molecule has 2 aromatic carbocycles. The Morgan fingerprint density at radius 2 is 1.89 bits per heavy atom. The van der Waals surface area contributed by atoms with Gasteiger partial charge in [0.1, 0.15) is 5.82 Å². The number of halogens is 1. The summed E-state index contributed by atoms with van der Waals surface area (Å²) < 4.78 is 0. The van der Waals surface area contributed by atoms with Crippen LogP contribution in [0.5, 0.6) is 0 Å². The second-order valence-electron chi connectivity index (χ2n) is 6.22. The normalized spacial score (nSPS) is 11.9. The van der Waals surface area contributed by atoms with E-state index in [-0.39, 0.29) is 11.7 Å². The first-order valence-electron chi connectivity index (χ1n) is 8.58. The third-order valence-corrected chi connectivity index (χ3v) is 4.58. The first-order chi connectivity index (χ1) is 13.6. The van der Waals surface area contributed by atoms with Crippen LogP contribution in [-0.2, 0) is 0 Å². The summed E-state index contributed by atoms with van der Waals surface area (Å²) in [4.78, 5) is 19.6. The van der Waals surface area contributed by atoms with E-state index in [0.29, 0.717) is 21.7 Å². The van der Waals surface area contributed by atoms with Gasteiger partial charge in [0.25, 0.3) is 5.69 Å². The molecule has 6 nitrogen and oxygen atoms in total. The molecule has 1 atom stereocenters. The van der Waals surface area contributed by atoms with Crippen molar-refractivity contribution in [1.29, 1.82) is 0 Å². The van der Waals surface area contributed by atoms with Gasteiger partial charge in [-0.15, -0.1) is 0 Å². The number of nitro groups is 1. The molecule has 1 unspecified atom stereocenters. The van der Waals surface area contributed by atoms with Gasteiger partial charge in [0, 0.05) is 28.7 Å². The topological polar surface area (TPSA) is 81.0 Å². The Labute approximate surface area is 166 Å². The molecule has 0 radical (unpaired) electrons. The molecule has 0 saturated carbocycles. The zero-order valence-electron chi connectivity index (χ0n) is 14.6. The monoisotopic (exact) mass is 390 g/mol. The molecule has 138 valence electrons. The Morgan fingerprint density at radius 3 is 2.64 bits per heavy atom. The van der Waals surface area contributed by atoms with Gasteiger partial charge in [-0.05, 0) is 48.0 Å². The number of hydrogen-bond acceptors (Lipinski definition) is 5. The molecule has 0 amide bonds. The number of rotatable bonds is 5. The average molecular weight is 391 g/mol. The number of pyridine rings is 2. The molecule has 0 aliphatic rings. The summed E-state index contributed by atoms with van der Waals surface area (Å²) in [6.07, 6.45) is 1.74. The van der Waals surface area contributed by atoms with E-state index in [0.717, 1.165) is 11.3 Å². The number of nitro benzene ring substituents is 1. The first-order valence-corrected chi connectivity index (χ1v) is 8.96. The Kier molecular flexibility index (Phi) is 4.87. The first kappa shape index (κ1) is 17.9. The molecule has 0 spiro atoms. The second-order valence-corrected chi connectivity index (χ2v) is 6.65. The largest absolute Gasteiger partial charge is 0.358 e. The van der Waals surface area contributed by atoms with Crippen LogP contribution in [0.15, 0.2) is 79.0 Å². The predicted molar refractivity (Wildman–Crippen MR) is 110 cm³/mol. The van der Waals surface area contributed by atoms with E-state index in [1.54, 1.807) is 18.3 Å². The standard InChI is InChI=1S/C21H15ClN4O2/c22-16-5-3-4-15(12-16)21(19-6-1-2-11-23-19)25-20-10-7-14-13-17(26(27)28)8-9-18(14)24-20/h1-13,21H,(H,24,25). The van der Waals surface area contributed by atoms with Crippen LogP contribution in [0.2, 0.25) is 5.02 Å². The molecule has 0 saturated heterocycles.